The highest BCUT2D eigenvalue weighted by atomic mass is 16.3. The van der Waals surface area contributed by atoms with Crippen molar-refractivity contribution in [3.63, 3.8) is 0 Å². The number of aryl methyl sites for hydroxylation is 1. The Morgan fingerprint density at radius 3 is 2.08 bits per heavy atom. The Balaban J connectivity index is 1.22. The number of benzene rings is 3. The molecule has 1 unspecified atom stereocenters. The van der Waals surface area contributed by atoms with Gasteiger partial charge < -0.3 is 10.8 Å². The number of rotatable bonds is 8. The van der Waals surface area contributed by atoms with Crippen molar-refractivity contribution in [2.45, 2.75) is 38.8 Å². The molecule has 1 atom stereocenters. The lowest BCUT2D eigenvalue weighted by atomic mass is 9.99. The zero-order valence-electron chi connectivity index (χ0n) is 20.6. The largest absolute Gasteiger partial charge is 0.395 e. The van der Waals surface area contributed by atoms with Gasteiger partial charge in [-0.05, 0) is 78.7 Å². The number of carbonyl (C=O) groups is 1. The lowest BCUT2D eigenvalue weighted by Crippen LogP contribution is -2.31. The van der Waals surface area contributed by atoms with Crippen molar-refractivity contribution in [2.24, 2.45) is 5.73 Å². The number of hydrogen-bond acceptors (Lipinski definition) is 4. The molecular formula is C30H32N4O2. The van der Waals surface area contributed by atoms with E-state index in [2.05, 4.69) is 70.7 Å². The normalized spacial score (nSPS) is 15.9. The number of likely N-dealkylation sites (tertiary alicyclic amines) is 1. The fourth-order valence-corrected chi connectivity index (χ4v) is 5.01. The molecule has 1 aromatic heterocycles. The molecule has 0 radical (unpaired) electrons. The molecule has 2 heterocycles. The molecule has 3 N–H and O–H groups in total. The molecule has 0 aliphatic carbocycles. The van der Waals surface area contributed by atoms with Crippen molar-refractivity contribution in [3.8, 4) is 16.8 Å². The number of carbonyl (C=O) groups excluding carboxylic acids is 1. The molecule has 5 rings (SSSR count). The monoisotopic (exact) mass is 480 g/mol. The van der Waals surface area contributed by atoms with Gasteiger partial charge >= 0.3 is 0 Å². The second-order valence-electron chi connectivity index (χ2n) is 9.63. The van der Waals surface area contributed by atoms with Gasteiger partial charge in [-0.1, -0.05) is 60.7 Å². The molecule has 1 saturated heterocycles. The number of aliphatic hydroxyl groups excluding tert-OH is 1. The highest BCUT2D eigenvalue weighted by Crippen LogP contribution is 2.24. The van der Waals surface area contributed by atoms with Crippen molar-refractivity contribution in [3.05, 3.63) is 107 Å². The van der Waals surface area contributed by atoms with Crippen LogP contribution in [0.5, 0.6) is 0 Å². The zero-order chi connectivity index (χ0) is 25.1. The maximum Gasteiger partial charge on any atom is 0.269 e. The van der Waals surface area contributed by atoms with E-state index in [1.54, 1.807) is 10.7 Å². The molecule has 1 aliphatic heterocycles. The molecule has 6 nitrogen and oxygen atoms in total. The molecule has 184 valence electrons. The maximum atomic E-state index is 11.4. The van der Waals surface area contributed by atoms with Gasteiger partial charge in [0.1, 0.15) is 0 Å². The Hall–Kier alpha value is -3.74. The van der Waals surface area contributed by atoms with Crippen LogP contribution in [0.3, 0.4) is 0 Å². The fourth-order valence-electron chi connectivity index (χ4n) is 5.01. The average molecular weight is 481 g/mol. The van der Waals surface area contributed by atoms with Crippen LogP contribution < -0.4 is 5.73 Å². The van der Waals surface area contributed by atoms with Crippen molar-refractivity contribution in [2.75, 3.05) is 13.2 Å². The predicted octanol–water partition coefficient (Wildman–Crippen LogP) is 4.49. The Kier molecular flexibility index (Phi) is 6.98. The minimum atomic E-state index is -0.522. The average Bonchev–Trinajstić information content (AvgIpc) is 3.52. The molecule has 1 amide bonds. The quantitative estimate of drug-likeness (QED) is 0.389. The van der Waals surface area contributed by atoms with Gasteiger partial charge in [0.25, 0.3) is 5.91 Å². The molecule has 1 fully saturated rings. The van der Waals surface area contributed by atoms with E-state index in [1.165, 1.54) is 34.2 Å². The van der Waals surface area contributed by atoms with E-state index >= 15 is 0 Å². The Morgan fingerprint density at radius 1 is 0.944 bits per heavy atom. The topological polar surface area (TPSA) is 84.4 Å². The molecule has 3 aromatic carbocycles. The summed E-state index contributed by atoms with van der Waals surface area (Å²) in [6.07, 6.45) is 3.10. The van der Waals surface area contributed by atoms with E-state index in [4.69, 9.17) is 5.73 Å². The number of amides is 1. The van der Waals surface area contributed by atoms with Crippen LogP contribution in [0.4, 0.5) is 0 Å². The van der Waals surface area contributed by atoms with Gasteiger partial charge in [-0.3, -0.25) is 9.69 Å². The van der Waals surface area contributed by atoms with Crippen LogP contribution in [-0.2, 0) is 13.0 Å². The van der Waals surface area contributed by atoms with Crippen LogP contribution in [0.1, 0.15) is 45.7 Å². The van der Waals surface area contributed by atoms with Crippen LogP contribution in [0.2, 0.25) is 0 Å². The molecule has 1 aliphatic rings. The Morgan fingerprint density at radius 2 is 1.53 bits per heavy atom. The van der Waals surface area contributed by atoms with Gasteiger partial charge in [-0.2, -0.15) is 5.10 Å². The first-order valence-electron chi connectivity index (χ1n) is 12.5. The van der Waals surface area contributed by atoms with Gasteiger partial charge in [-0.15, -0.1) is 0 Å². The first-order chi connectivity index (χ1) is 17.5. The van der Waals surface area contributed by atoms with E-state index in [-0.39, 0.29) is 12.3 Å². The molecule has 0 bridgehead atoms. The third kappa shape index (κ3) is 5.25. The number of hydrogen-bond donors (Lipinski definition) is 2. The molecular weight excluding hydrogens is 448 g/mol. The Bertz CT molecular complexity index is 1330. The van der Waals surface area contributed by atoms with Crippen LogP contribution in [0, 0.1) is 6.92 Å². The molecule has 4 aromatic rings. The number of nitrogens with zero attached hydrogens (tertiary/aromatic N) is 3. The smallest absolute Gasteiger partial charge is 0.269 e. The second-order valence-corrected chi connectivity index (χ2v) is 9.63. The number of aromatic nitrogens is 2. The zero-order valence-corrected chi connectivity index (χ0v) is 20.6. The van der Waals surface area contributed by atoms with E-state index in [1.807, 2.05) is 19.1 Å². The summed E-state index contributed by atoms with van der Waals surface area (Å²) in [4.78, 5) is 13.8. The summed E-state index contributed by atoms with van der Waals surface area (Å²) in [5.41, 5.74) is 13.5. The number of primary amides is 1. The van der Waals surface area contributed by atoms with Gasteiger partial charge in [0, 0.05) is 18.3 Å². The van der Waals surface area contributed by atoms with Crippen LogP contribution in [0.25, 0.3) is 16.8 Å². The summed E-state index contributed by atoms with van der Waals surface area (Å²) in [6, 6.07) is 27.7. The maximum absolute atomic E-state index is 11.4. The lowest BCUT2D eigenvalue weighted by Gasteiger charge is -2.22. The lowest BCUT2D eigenvalue weighted by molar-refractivity contribution is 0.0995. The SMILES string of the molecule is Cc1cc(C(N)=O)nn1-c1ccc(Cc2ccc(-c3ccc(CN4CCCC4CO)cc3)cc2)cc1. The minimum Gasteiger partial charge on any atom is -0.395 e. The minimum absolute atomic E-state index is 0.246. The van der Waals surface area contributed by atoms with Crippen molar-refractivity contribution in [1.29, 1.82) is 0 Å². The first kappa shape index (κ1) is 24.0. The molecule has 0 spiro atoms. The third-order valence-corrected chi connectivity index (χ3v) is 7.07. The van der Waals surface area contributed by atoms with Crippen LogP contribution >= 0.6 is 0 Å². The van der Waals surface area contributed by atoms with E-state index < -0.39 is 5.91 Å². The molecule has 0 saturated carbocycles. The fraction of sp³-hybridized carbons (Fsp3) is 0.267. The summed E-state index contributed by atoms with van der Waals surface area (Å²) < 4.78 is 1.74. The van der Waals surface area contributed by atoms with Gasteiger partial charge in [0.2, 0.25) is 0 Å². The third-order valence-electron chi connectivity index (χ3n) is 7.07. The highest BCUT2D eigenvalue weighted by Gasteiger charge is 2.23. The van der Waals surface area contributed by atoms with E-state index in [0.717, 1.165) is 37.3 Å². The van der Waals surface area contributed by atoms with E-state index in [0.29, 0.717) is 6.04 Å². The van der Waals surface area contributed by atoms with Gasteiger partial charge in [0.15, 0.2) is 5.69 Å². The van der Waals surface area contributed by atoms with E-state index in [9.17, 15) is 9.90 Å². The number of nitrogens with two attached hydrogens (primary N) is 1. The van der Waals surface area contributed by atoms with Crippen molar-refractivity contribution in [1.82, 2.24) is 14.7 Å². The Labute approximate surface area is 212 Å². The van der Waals surface area contributed by atoms with Crippen molar-refractivity contribution >= 4 is 5.91 Å². The van der Waals surface area contributed by atoms with Gasteiger partial charge in [0.05, 0.1) is 12.3 Å². The van der Waals surface area contributed by atoms with Gasteiger partial charge in [-0.25, -0.2) is 4.68 Å². The summed E-state index contributed by atoms with van der Waals surface area (Å²) >= 11 is 0. The highest BCUT2D eigenvalue weighted by molar-refractivity contribution is 5.90. The predicted molar refractivity (Wildman–Crippen MR) is 142 cm³/mol. The molecule has 6 heteroatoms. The summed E-state index contributed by atoms with van der Waals surface area (Å²) in [7, 11) is 0. The summed E-state index contributed by atoms with van der Waals surface area (Å²) in [6.45, 7) is 4.12. The summed E-state index contributed by atoms with van der Waals surface area (Å²) in [5, 5.41) is 13.8. The second kappa shape index (κ2) is 10.5. The summed E-state index contributed by atoms with van der Waals surface area (Å²) in [5.74, 6) is -0.522. The van der Waals surface area contributed by atoms with Crippen LogP contribution in [-0.4, -0.2) is 44.9 Å². The first-order valence-corrected chi connectivity index (χ1v) is 12.5. The number of aliphatic hydroxyl groups is 1. The molecule has 36 heavy (non-hydrogen) atoms. The van der Waals surface area contributed by atoms with Crippen LogP contribution in [0.15, 0.2) is 78.9 Å². The van der Waals surface area contributed by atoms with Crippen molar-refractivity contribution < 1.29 is 9.90 Å². The standard InChI is InChI=1S/C30H32N4O2/c1-21-17-29(30(31)36)32-34(21)27-14-8-23(9-15-27)18-22-4-10-25(11-5-22)26-12-6-24(7-13-26)19-33-16-2-3-28(33)20-35/h4-15,17,28,35H,2-3,16,18-20H2,1H3,(H2,31,36).